The zero-order chi connectivity index (χ0) is 59.3. The Morgan fingerprint density at radius 1 is 0.861 bits per heavy atom. The second kappa shape index (κ2) is 29.3. The summed E-state index contributed by atoms with van der Waals surface area (Å²) in [4.78, 5) is 149. The molecule has 79 heavy (non-hydrogen) atoms. The van der Waals surface area contributed by atoms with E-state index in [1.807, 2.05) is 27.7 Å². The summed E-state index contributed by atoms with van der Waals surface area (Å²) in [5.41, 5.74) is 0.571. The zero-order valence-corrected chi connectivity index (χ0v) is 48.8. The predicted octanol–water partition coefficient (Wildman–Crippen LogP) is 2.32. The van der Waals surface area contributed by atoms with E-state index in [2.05, 4.69) is 16.0 Å². The van der Waals surface area contributed by atoms with Crippen LogP contribution in [0.2, 0.25) is 0 Å². The van der Waals surface area contributed by atoms with E-state index in [0.717, 1.165) is 0 Å². The van der Waals surface area contributed by atoms with Crippen LogP contribution in [0, 0.1) is 29.6 Å². The lowest BCUT2D eigenvalue weighted by molar-refractivity contribution is -0.163. The summed E-state index contributed by atoms with van der Waals surface area (Å²) in [5, 5.41) is 30.2. The number of ether oxygens (including phenoxy) is 3. The molecule has 442 valence electrons. The van der Waals surface area contributed by atoms with Crippen LogP contribution < -0.4 is 20.7 Å². The highest BCUT2D eigenvalue weighted by Gasteiger charge is 2.46. The van der Waals surface area contributed by atoms with Crippen LogP contribution in [0.4, 0.5) is 0 Å². The van der Waals surface area contributed by atoms with Gasteiger partial charge in [-0.1, -0.05) is 73.9 Å². The molecule has 3 saturated heterocycles. The fourth-order valence-electron chi connectivity index (χ4n) is 10.5. The number of cyclic esters (lactones) is 2. The van der Waals surface area contributed by atoms with Gasteiger partial charge in [-0.25, -0.2) is 4.79 Å². The molecule has 3 aliphatic rings. The fourth-order valence-corrected chi connectivity index (χ4v) is 10.5. The molecule has 7 amide bonds. The lowest BCUT2D eigenvalue weighted by Gasteiger charge is -2.36. The first-order chi connectivity index (χ1) is 37.0. The number of rotatable bonds is 15. The topological polar surface area (TPSA) is 288 Å². The monoisotopic (exact) mass is 1110 g/mol. The Kier molecular flexibility index (Phi) is 24.3. The van der Waals surface area contributed by atoms with Crippen molar-refractivity contribution in [2.75, 3.05) is 34.3 Å². The summed E-state index contributed by atoms with van der Waals surface area (Å²) in [6.07, 6.45) is -4.99. The summed E-state index contributed by atoms with van der Waals surface area (Å²) in [6, 6.07) is -2.19. The molecular formula is C57H89N7O15. The van der Waals surface area contributed by atoms with Crippen LogP contribution in [0.3, 0.4) is 0 Å². The van der Waals surface area contributed by atoms with Crippen molar-refractivity contribution in [3.63, 3.8) is 0 Å². The van der Waals surface area contributed by atoms with E-state index in [4.69, 9.17) is 14.2 Å². The minimum atomic E-state index is -1.76. The minimum Gasteiger partial charge on any atom is -0.497 e. The maximum absolute atomic E-state index is 15.0. The van der Waals surface area contributed by atoms with Crippen molar-refractivity contribution < 1.29 is 72.4 Å². The number of hydrogen-bond acceptors (Lipinski definition) is 15. The summed E-state index contributed by atoms with van der Waals surface area (Å²) in [7, 11) is 4.29. The Balaban J connectivity index is 1.89. The highest BCUT2D eigenvalue weighted by molar-refractivity contribution is 6.05. The van der Waals surface area contributed by atoms with Gasteiger partial charge in [0.2, 0.25) is 35.4 Å². The Labute approximate surface area is 465 Å². The van der Waals surface area contributed by atoms with Crippen LogP contribution in [-0.2, 0) is 63.8 Å². The lowest BCUT2D eigenvalue weighted by Crippen LogP contribution is -2.62. The number of amides is 7. The molecule has 3 heterocycles. The molecule has 5 N–H and O–H groups in total. The van der Waals surface area contributed by atoms with Crippen molar-refractivity contribution in [1.82, 2.24) is 35.6 Å². The molecule has 3 aliphatic heterocycles. The molecule has 13 atom stereocenters. The average molecular weight is 1110 g/mol. The number of carbonyl (C=O) groups is 10. The fraction of sp³-hybridized carbons (Fsp3) is 0.719. The first kappa shape index (κ1) is 65.4. The Morgan fingerprint density at radius 2 is 1.49 bits per heavy atom. The van der Waals surface area contributed by atoms with Gasteiger partial charge in [-0.15, -0.1) is 0 Å². The zero-order valence-electron chi connectivity index (χ0n) is 48.8. The standard InChI is InChI=1S/C57H89N7O15/c1-15-33(8)46-44(66)29-45(67)79-49(32(6)7)48(68)34(9)50(69)58-39(26-30(2)3)54(73)64-25-17-19-41(64)56(75)62(13)43(28-37-20-22-38(77-14)23-21-37)57(76)78-36(11)47(52(71)59-46)60-51(70)42(27-31(4)5)61(12)55(74)40-18-16-24-63(40)53(72)35(10)65/h20-23,30-36,39-44,46-47,49,65-66H,15-19,24-29H2,1-14H3,(H,58,69)(H,59,71)(H,60,70)/t33-,34+,35-,36-,39-,40+,41-,42-,43+,44-,46?,47+,49-/m0/s1. The van der Waals surface area contributed by atoms with Crippen molar-refractivity contribution in [2.24, 2.45) is 29.6 Å². The number of fused-ring (bicyclic) bond motifs is 1. The third-order valence-corrected chi connectivity index (χ3v) is 15.5. The number of nitrogens with one attached hydrogen (secondary N) is 3. The van der Waals surface area contributed by atoms with Gasteiger partial charge in [0, 0.05) is 33.6 Å². The molecule has 4 rings (SSSR count). The minimum absolute atomic E-state index is 0.0720. The van der Waals surface area contributed by atoms with Gasteiger partial charge in [0.05, 0.1) is 31.6 Å². The van der Waals surface area contributed by atoms with Gasteiger partial charge in [0.1, 0.15) is 54.2 Å². The van der Waals surface area contributed by atoms with E-state index in [-0.39, 0.29) is 57.0 Å². The third kappa shape index (κ3) is 16.9. The summed E-state index contributed by atoms with van der Waals surface area (Å²) >= 11 is 0. The molecule has 0 bridgehead atoms. The van der Waals surface area contributed by atoms with Gasteiger partial charge in [0.15, 0.2) is 11.9 Å². The molecule has 3 fully saturated rings. The Bertz CT molecular complexity index is 2330. The molecule has 1 unspecified atom stereocenters. The number of esters is 2. The second-order valence-electron chi connectivity index (χ2n) is 23.0. The van der Waals surface area contributed by atoms with E-state index in [0.29, 0.717) is 30.6 Å². The first-order valence-corrected chi connectivity index (χ1v) is 28.0. The maximum Gasteiger partial charge on any atom is 0.329 e. The van der Waals surface area contributed by atoms with Gasteiger partial charge in [-0.05, 0) is 101 Å². The smallest absolute Gasteiger partial charge is 0.329 e. The van der Waals surface area contributed by atoms with E-state index >= 15 is 4.79 Å². The van der Waals surface area contributed by atoms with Gasteiger partial charge in [0.25, 0.3) is 5.91 Å². The Hall–Kier alpha value is -6.16. The predicted molar refractivity (Wildman–Crippen MR) is 290 cm³/mol. The number of methoxy groups -OCH3 is 1. The molecule has 1 aromatic carbocycles. The SMILES string of the molecule is CC[C@H](C)C1NC(=O)[C@H](NC(=O)[C@H](CC(C)C)N(C)C(=O)[C@H]2CCCN2C(=O)[C@H](C)O)[C@H](C)OC(=O)[C@@H](Cc2ccc(OC)cc2)N(C)C(=O)[C@@H]2CCCN2C(=O)[C@H](CC(C)C)NC(=O)[C@H](C)C(=O)[C@H](C(C)C)OC(=O)C[C@@H]1O. The normalized spacial score (nSPS) is 27.7. The highest BCUT2D eigenvalue weighted by atomic mass is 16.6. The van der Waals surface area contributed by atoms with E-state index in [1.54, 1.807) is 52.0 Å². The molecule has 0 spiro atoms. The van der Waals surface area contributed by atoms with Gasteiger partial charge >= 0.3 is 11.9 Å². The second-order valence-corrected chi connectivity index (χ2v) is 23.0. The van der Waals surface area contributed by atoms with Gasteiger partial charge in [-0.2, -0.15) is 0 Å². The molecule has 22 nitrogen and oxygen atoms in total. The van der Waals surface area contributed by atoms with E-state index < -0.39 is 150 Å². The Morgan fingerprint density at radius 3 is 2.06 bits per heavy atom. The summed E-state index contributed by atoms with van der Waals surface area (Å²) in [6.45, 7) is 18.4. The van der Waals surface area contributed by atoms with Crippen molar-refractivity contribution >= 4 is 59.1 Å². The van der Waals surface area contributed by atoms with Crippen LogP contribution in [0.1, 0.15) is 133 Å². The third-order valence-electron chi connectivity index (χ3n) is 15.5. The molecule has 0 radical (unpaired) electrons. The van der Waals surface area contributed by atoms with Crippen molar-refractivity contribution in [1.29, 1.82) is 0 Å². The van der Waals surface area contributed by atoms with Crippen molar-refractivity contribution in [3.05, 3.63) is 29.8 Å². The molecule has 0 saturated carbocycles. The van der Waals surface area contributed by atoms with Crippen LogP contribution >= 0.6 is 0 Å². The molecule has 0 aromatic heterocycles. The van der Waals surface area contributed by atoms with Gasteiger partial charge < -0.3 is 60.0 Å². The number of Topliss-reactive ketones (excluding diaryl/α,β-unsaturated/α-hetero) is 1. The molecule has 0 aliphatic carbocycles. The number of carbonyl (C=O) groups excluding carboxylic acids is 10. The van der Waals surface area contributed by atoms with E-state index in [9.17, 15) is 53.4 Å². The molecule has 1 aromatic rings. The molecule has 22 heteroatoms. The average Bonchev–Trinajstić information content (AvgIpc) is 4.13. The quantitative estimate of drug-likeness (QED) is 0.124. The lowest BCUT2D eigenvalue weighted by atomic mass is 9.91. The number of aliphatic hydroxyl groups is 2. The summed E-state index contributed by atoms with van der Waals surface area (Å²) in [5.74, 6) is -10.3. The van der Waals surface area contributed by atoms with Crippen LogP contribution in [0.5, 0.6) is 5.75 Å². The van der Waals surface area contributed by atoms with Crippen molar-refractivity contribution in [2.45, 2.75) is 201 Å². The maximum atomic E-state index is 15.0. The number of nitrogens with zero attached hydrogens (tertiary/aromatic N) is 4. The van der Waals surface area contributed by atoms with Crippen molar-refractivity contribution in [3.8, 4) is 5.75 Å². The number of ketones is 1. The number of hydrogen-bond donors (Lipinski definition) is 5. The van der Waals surface area contributed by atoms with Gasteiger partial charge in [-0.3, -0.25) is 43.2 Å². The van der Waals surface area contributed by atoms with Crippen LogP contribution in [0.15, 0.2) is 24.3 Å². The number of likely N-dealkylation sites (tertiary alicyclic amines) is 1. The van der Waals surface area contributed by atoms with E-state index in [1.165, 1.54) is 61.6 Å². The number of likely N-dealkylation sites (N-methyl/N-ethyl adjacent to an activating group) is 2. The highest BCUT2D eigenvalue weighted by Crippen LogP contribution is 2.27. The summed E-state index contributed by atoms with van der Waals surface area (Å²) < 4.78 is 17.2. The number of aliphatic hydroxyl groups excluding tert-OH is 2. The van der Waals surface area contributed by atoms with Crippen LogP contribution in [-0.4, -0.2) is 190 Å². The molecular weight excluding hydrogens is 1020 g/mol. The largest absolute Gasteiger partial charge is 0.497 e. The van der Waals surface area contributed by atoms with Crippen LogP contribution in [0.25, 0.3) is 0 Å². The first-order valence-electron chi connectivity index (χ1n) is 28.0. The number of benzene rings is 1.